The predicted octanol–water partition coefficient (Wildman–Crippen LogP) is 0.628. The number of nitrogens with one attached hydrogen (secondary N) is 2. The van der Waals surface area contributed by atoms with Crippen LogP contribution in [0.4, 0.5) is 0 Å². The van der Waals surface area contributed by atoms with Gasteiger partial charge in [-0.15, -0.1) is 0 Å². The molecule has 0 spiro atoms. The van der Waals surface area contributed by atoms with Crippen LogP contribution in [0.3, 0.4) is 0 Å². The third-order valence-electron chi connectivity index (χ3n) is 3.80. The Morgan fingerprint density at radius 1 is 1.31 bits per heavy atom. The van der Waals surface area contributed by atoms with Gasteiger partial charge in [0.05, 0.1) is 19.9 Å². The second kappa shape index (κ2) is 7.83. The fourth-order valence-electron chi connectivity index (χ4n) is 2.46. The normalized spacial score (nSPS) is 11.6. The maximum atomic E-state index is 12.0. The monoisotopic (exact) mass is 377 g/mol. The number of aromatic amines is 1. The maximum absolute atomic E-state index is 12.0. The zero-order valence-corrected chi connectivity index (χ0v) is 15.1. The number of amides is 1. The van der Waals surface area contributed by atoms with E-state index in [1.807, 2.05) is 0 Å². The Labute approximate surface area is 154 Å². The summed E-state index contributed by atoms with van der Waals surface area (Å²) in [6, 6.07) is 6.37. The van der Waals surface area contributed by atoms with Crippen molar-refractivity contribution >= 4 is 24.0 Å². The SMILES string of the molecule is COc1ccc(-c2cc(=O)[nH]c(=S)n2CC(C(=N)N)C(N)=O)c(OC)c1. The number of aromatic nitrogens is 2. The zero-order valence-electron chi connectivity index (χ0n) is 14.2. The molecule has 0 saturated carbocycles. The van der Waals surface area contributed by atoms with E-state index in [4.69, 9.17) is 38.6 Å². The molecule has 1 aromatic carbocycles. The van der Waals surface area contributed by atoms with Crippen LogP contribution in [0.5, 0.6) is 11.5 Å². The fourth-order valence-corrected chi connectivity index (χ4v) is 2.73. The van der Waals surface area contributed by atoms with Gasteiger partial charge in [-0.2, -0.15) is 0 Å². The zero-order chi connectivity index (χ0) is 19.4. The first-order valence-electron chi connectivity index (χ1n) is 7.48. The van der Waals surface area contributed by atoms with Gasteiger partial charge in [0.15, 0.2) is 4.77 Å². The summed E-state index contributed by atoms with van der Waals surface area (Å²) in [5, 5.41) is 7.57. The van der Waals surface area contributed by atoms with Crippen molar-refractivity contribution in [1.29, 1.82) is 5.41 Å². The number of nitrogens with two attached hydrogens (primary N) is 2. The summed E-state index contributed by atoms with van der Waals surface area (Å²) >= 11 is 5.23. The number of rotatable bonds is 7. The van der Waals surface area contributed by atoms with Gasteiger partial charge >= 0.3 is 0 Å². The number of amidine groups is 1. The Hall–Kier alpha value is -3.14. The smallest absolute Gasteiger partial charge is 0.252 e. The molecular weight excluding hydrogens is 358 g/mol. The molecule has 2 aromatic rings. The number of H-pyrrole nitrogens is 1. The van der Waals surface area contributed by atoms with Crippen LogP contribution >= 0.6 is 12.2 Å². The Balaban J connectivity index is 2.70. The summed E-state index contributed by atoms with van der Waals surface area (Å²) in [6.07, 6.45) is 0. The Bertz CT molecular complexity index is 952. The topological polar surface area (TPSA) is 149 Å². The van der Waals surface area contributed by atoms with E-state index in [1.165, 1.54) is 24.9 Å². The maximum Gasteiger partial charge on any atom is 0.252 e. The van der Waals surface area contributed by atoms with Crippen molar-refractivity contribution in [1.82, 2.24) is 9.55 Å². The molecule has 6 N–H and O–H groups in total. The first kappa shape index (κ1) is 19.2. The highest BCUT2D eigenvalue weighted by Gasteiger charge is 2.22. The van der Waals surface area contributed by atoms with E-state index in [-0.39, 0.29) is 11.3 Å². The predicted molar refractivity (Wildman–Crippen MR) is 99.0 cm³/mol. The minimum atomic E-state index is -1.07. The van der Waals surface area contributed by atoms with E-state index < -0.39 is 23.2 Å². The molecule has 26 heavy (non-hydrogen) atoms. The molecule has 0 aliphatic heterocycles. The highest BCUT2D eigenvalue weighted by atomic mass is 32.1. The third kappa shape index (κ3) is 3.91. The van der Waals surface area contributed by atoms with Crippen LogP contribution in [0, 0.1) is 16.1 Å². The summed E-state index contributed by atoms with van der Waals surface area (Å²) in [4.78, 5) is 26.1. The summed E-state index contributed by atoms with van der Waals surface area (Å²) in [5.41, 5.74) is 11.3. The highest BCUT2D eigenvalue weighted by molar-refractivity contribution is 7.71. The Morgan fingerprint density at radius 2 is 2.00 bits per heavy atom. The molecule has 1 atom stereocenters. The summed E-state index contributed by atoms with van der Waals surface area (Å²) < 4.78 is 12.1. The van der Waals surface area contributed by atoms with E-state index in [0.29, 0.717) is 22.8 Å². The molecule has 0 saturated heterocycles. The summed E-state index contributed by atoms with van der Waals surface area (Å²) in [5.74, 6) is -1.22. The molecule has 10 heteroatoms. The summed E-state index contributed by atoms with van der Waals surface area (Å²) in [7, 11) is 3.00. The molecular formula is C16H19N5O4S. The van der Waals surface area contributed by atoms with E-state index in [0.717, 1.165) is 0 Å². The standard InChI is InChI=1S/C16H19N5O4S/c1-24-8-3-4-9(12(5-8)25-2)11-6-13(22)20-16(26)21(11)7-10(14(17)18)15(19)23/h3-6,10H,7H2,1-2H3,(H3,17,18)(H2,19,23)(H,20,22,26). The molecule has 1 unspecified atom stereocenters. The van der Waals surface area contributed by atoms with Gasteiger partial charge in [0.2, 0.25) is 5.91 Å². The van der Waals surface area contributed by atoms with Gasteiger partial charge in [-0.3, -0.25) is 20.0 Å². The van der Waals surface area contributed by atoms with Crippen LogP contribution in [0.1, 0.15) is 0 Å². The number of nitrogens with zero attached hydrogens (tertiary/aromatic N) is 1. The molecule has 0 aliphatic rings. The van der Waals surface area contributed by atoms with Gasteiger partial charge in [-0.1, -0.05) is 0 Å². The molecule has 0 bridgehead atoms. The van der Waals surface area contributed by atoms with Gasteiger partial charge < -0.3 is 25.5 Å². The van der Waals surface area contributed by atoms with Crippen molar-refractivity contribution in [2.45, 2.75) is 6.54 Å². The van der Waals surface area contributed by atoms with Crippen LogP contribution in [0.2, 0.25) is 0 Å². The lowest BCUT2D eigenvalue weighted by Gasteiger charge is -2.19. The first-order chi connectivity index (χ1) is 12.3. The number of primary amides is 1. The number of methoxy groups -OCH3 is 2. The molecule has 9 nitrogen and oxygen atoms in total. The van der Waals surface area contributed by atoms with E-state index >= 15 is 0 Å². The quantitative estimate of drug-likeness (QED) is 0.316. The highest BCUT2D eigenvalue weighted by Crippen LogP contribution is 2.33. The minimum absolute atomic E-state index is 0.0675. The van der Waals surface area contributed by atoms with Gasteiger partial charge in [0, 0.05) is 24.2 Å². The number of ether oxygens (including phenoxy) is 2. The van der Waals surface area contributed by atoms with Crippen LogP contribution in [0.15, 0.2) is 29.1 Å². The van der Waals surface area contributed by atoms with Crippen LogP contribution in [-0.2, 0) is 11.3 Å². The lowest BCUT2D eigenvalue weighted by atomic mass is 10.1. The molecule has 2 rings (SSSR count). The average molecular weight is 377 g/mol. The van der Waals surface area contributed by atoms with Crippen LogP contribution in [-0.4, -0.2) is 35.5 Å². The van der Waals surface area contributed by atoms with Gasteiger partial charge in [0.1, 0.15) is 23.3 Å². The number of carbonyl (C=O) groups excluding carboxylic acids is 1. The Kier molecular flexibility index (Phi) is 5.78. The molecule has 0 aliphatic carbocycles. The minimum Gasteiger partial charge on any atom is -0.497 e. The van der Waals surface area contributed by atoms with Crippen molar-refractivity contribution in [3.8, 4) is 22.8 Å². The molecule has 1 aromatic heterocycles. The third-order valence-corrected chi connectivity index (χ3v) is 4.12. The Morgan fingerprint density at radius 3 is 2.54 bits per heavy atom. The number of hydrogen-bond acceptors (Lipinski definition) is 6. The number of benzene rings is 1. The van der Waals surface area contributed by atoms with Crippen molar-refractivity contribution in [3.63, 3.8) is 0 Å². The van der Waals surface area contributed by atoms with Crippen molar-refractivity contribution in [3.05, 3.63) is 39.4 Å². The van der Waals surface area contributed by atoms with Crippen molar-refractivity contribution in [2.24, 2.45) is 17.4 Å². The molecule has 1 heterocycles. The van der Waals surface area contributed by atoms with Gasteiger partial charge in [-0.25, -0.2) is 0 Å². The lowest BCUT2D eigenvalue weighted by Crippen LogP contribution is -2.38. The number of carbonyl (C=O) groups is 1. The van der Waals surface area contributed by atoms with E-state index in [9.17, 15) is 9.59 Å². The van der Waals surface area contributed by atoms with E-state index in [1.54, 1.807) is 18.2 Å². The van der Waals surface area contributed by atoms with Gasteiger partial charge in [0.25, 0.3) is 5.56 Å². The van der Waals surface area contributed by atoms with E-state index in [2.05, 4.69) is 4.98 Å². The molecule has 0 fully saturated rings. The van der Waals surface area contributed by atoms with Crippen LogP contribution < -0.4 is 26.5 Å². The lowest BCUT2D eigenvalue weighted by molar-refractivity contribution is -0.120. The largest absolute Gasteiger partial charge is 0.497 e. The van der Waals surface area contributed by atoms with Crippen molar-refractivity contribution < 1.29 is 14.3 Å². The molecule has 1 amide bonds. The molecule has 138 valence electrons. The van der Waals surface area contributed by atoms with Crippen LogP contribution in [0.25, 0.3) is 11.3 Å². The van der Waals surface area contributed by atoms with Crippen molar-refractivity contribution in [2.75, 3.05) is 14.2 Å². The van der Waals surface area contributed by atoms with Gasteiger partial charge in [-0.05, 0) is 24.4 Å². The second-order valence-corrected chi connectivity index (χ2v) is 5.80. The average Bonchev–Trinajstić information content (AvgIpc) is 2.59. The fraction of sp³-hybridized carbons (Fsp3) is 0.250. The number of hydrogen-bond donors (Lipinski definition) is 4. The molecule has 0 radical (unpaired) electrons. The summed E-state index contributed by atoms with van der Waals surface area (Å²) in [6.45, 7) is -0.0925. The first-order valence-corrected chi connectivity index (χ1v) is 7.89. The second-order valence-electron chi connectivity index (χ2n) is 5.41.